The molecular formula is C21H19F4N3O3. The largest absolute Gasteiger partial charge is 0.573 e. The van der Waals surface area contributed by atoms with Crippen molar-refractivity contribution in [2.75, 3.05) is 13.2 Å². The van der Waals surface area contributed by atoms with Gasteiger partial charge in [0.25, 0.3) is 5.91 Å². The SMILES string of the molecule is O=C(NC[C@H](CO)Cc1cccc(OC(F)(F)F)c1)c1ccn(-c2ccccc2F)n1. The Hall–Kier alpha value is -3.40. The number of nitrogens with one attached hydrogen (secondary N) is 1. The minimum atomic E-state index is -4.80. The quantitative estimate of drug-likeness (QED) is 0.529. The molecule has 1 aromatic heterocycles. The predicted octanol–water partition coefficient (Wildman–Crippen LogP) is 3.49. The lowest BCUT2D eigenvalue weighted by atomic mass is 10.00. The van der Waals surface area contributed by atoms with Gasteiger partial charge in [-0.3, -0.25) is 4.79 Å². The molecule has 1 amide bonds. The van der Waals surface area contributed by atoms with Gasteiger partial charge < -0.3 is 15.2 Å². The number of amides is 1. The number of hydrogen-bond donors (Lipinski definition) is 2. The van der Waals surface area contributed by atoms with Crippen LogP contribution in [0.4, 0.5) is 17.6 Å². The van der Waals surface area contributed by atoms with Crippen LogP contribution in [0.1, 0.15) is 16.1 Å². The van der Waals surface area contributed by atoms with Crippen molar-refractivity contribution in [2.24, 2.45) is 5.92 Å². The number of para-hydroxylation sites is 1. The lowest BCUT2D eigenvalue weighted by molar-refractivity contribution is -0.274. The Bertz CT molecular complexity index is 1040. The van der Waals surface area contributed by atoms with Crippen LogP contribution in [0.2, 0.25) is 0 Å². The second-order valence-corrected chi connectivity index (χ2v) is 6.75. The van der Waals surface area contributed by atoms with E-state index in [1.54, 1.807) is 12.1 Å². The fourth-order valence-electron chi connectivity index (χ4n) is 2.95. The van der Waals surface area contributed by atoms with Crippen molar-refractivity contribution >= 4 is 5.91 Å². The molecule has 3 aromatic rings. The Morgan fingerprint density at radius 3 is 2.65 bits per heavy atom. The van der Waals surface area contributed by atoms with E-state index in [9.17, 15) is 27.5 Å². The molecule has 0 fully saturated rings. The van der Waals surface area contributed by atoms with E-state index in [4.69, 9.17) is 0 Å². The summed E-state index contributed by atoms with van der Waals surface area (Å²) in [6.07, 6.45) is -3.13. The van der Waals surface area contributed by atoms with Crippen LogP contribution in [0.15, 0.2) is 60.8 Å². The second kappa shape index (κ2) is 9.61. The Morgan fingerprint density at radius 1 is 1.16 bits per heavy atom. The van der Waals surface area contributed by atoms with Crippen LogP contribution in [0.5, 0.6) is 5.75 Å². The number of aromatic nitrogens is 2. The number of halogens is 4. The average molecular weight is 437 g/mol. The first-order valence-electron chi connectivity index (χ1n) is 9.29. The van der Waals surface area contributed by atoms with E-state index in [1.165, 1.54) is 53.3 Å². The van der Waals surface area contributed by atoms with Crippen molar-refractivity contribution in [3.63, 3.8) is 0 Å². The second-order valence-electron chi connectivity index (χ2n) is 6.75. The summed E-state index contributed by atoms with van der Waals surface area (Å²) in [6.45, 7) is -0.236. The van der Waals surface area contributed by atoms with Gasteiger partial charge in [-0.15, -0.1) is 13.2 Å². The summed E-state index contributed by atoms with van der Waals surface area (Å²) >= 11 is 0. The summed E-state index contributed by atoms with van der Waals surface area (Å²) in [7, 11) is 0. The van der Waals surface area contributed by atoms with Crippen molar-refractivity contribution in [3.05, 3.63) is 77.9 Å². The van der Waals surface area contributed by atoms with Crippen LogP contribution in [0.3, 0.4) is 0 Å². The maximum absolute atomic E-state index is 13.9. The third-order valence-electron chi connectivity index (χ3n) is 4.39. The van der Waals surface area contributed by atoms with E-state index in [1.807, 2.05) is 0 Å². The first kappa shape index (κ1) is 22.3. The van der Waals surface area contributed by atoms with Gasteiger partial charge in [0.1, 0.15) is 17.3 Å². The third kappa shape index (κ3) is 6.29. The molecular weight excluding hydrogens is 418 g/mol. The lowest BCUT2D eigenvalue weighted by Crippen LogP contribution is -2.32. The maximum Gasteiger partial charge on any atom is 0.573 e. The van der Waals surface area contributed by atoms with Crippen LogP contribution in [0, 0.1) is 11.7 Å². The molecule has 2 aromatic carbocycles. The van der Waals surface area contributed by atoms with Gasteiger partial charge in [0.2, 0.25) is 0 Å². The zero-order chi connectivity index (χ0) is 22.4. The minimum absolute atomic E-state index is 0.0560. The highest BCUT2D eigenvalue weighted by Crippen LogP contribution is 2.24. The molecule has 0 radical (unpaired) electrons. The van der Waals surface area contributed by atoms with E-state index in [0.717, 1.165) is 0 Å². The summed E-state index contributed by atoms with van der Waals surface area (Å²) in [4.78, 5) is 12.4. The van der Waals surface area contributed by atoms with Gasteiger partial charge in [0.05, 0.1) is 0 Å². The minimum Gasteiger partial charge on any atom is -0.406 e. The van der Waals surface area contributed by atoms with Gasteiger partial charge in [0, 0.05) is 25.3 Å². The number of aliphatic hydroxyl groups is 1. The molecule has 2 N–H and O–H groups in total. The van der Waals surface area contributed by atoms with Crippen LogP contribution in [-0.2, 0) is 6.42 Å². The normalized spacial score (nSPS) is 12.4. The number of hydrogen-bond acceptors (Lipinski definition) is 4. The highest BCUT2D eigenvalue weighted by atomic mass is 19.4. The van der Waals surface area contributed by atoms with E-state index < -0.39 is 24.0 Å². The predicted molar refractivity (Wildman–Crippen MR) is 103 cm³/mol. The van der Waals surface area contributed by atoms with E-state index in [-0.39, 0.29) is 36.7 Å². The summed E-state index contributed by atoms with van der Waals surface area (Å²) in [5.74, 6) is -1.82. The van der Waals surface area contributed by atoms with E-state index >= 15 is 0 Å². The summed E-state index contributed by atoms with van der Waals surface area (Å²) in [6, 6.07) is 12.8. The van der Waals surface area contributed by atoms with Gasteiger partial charge in [0.15, 0.2) is 5.69 Å². The molecule has 3 rings (SSSR count). The summed E-state index contributed by atoms with van der Waals surface area (Å²) in [5, 5.41) is 16.3. The molecule has 164 valence electrons. The monoisotopic (exact) mass is 437 g/mol. The van der Waals surface area contributed by atoms with Crippen LogP contribution >= 0.6 is 0 Å². The zero-order valence-corrected chi connectivity index (χ0v) is 16.1. The Kier molecular flexibility index (Phi) is 6.91. The molecule has 6 nitrogen and oxygen atoms in total. The molecule has 0 aliphatic rings. The molecule has 10 heteroatoms. The van der Waals surface area contributed by atoms with Crippen molar-refractivity contribution in [1.82, 2.24) is 15.1 Å². The number of rotatable bonds is 8. The zero-order valence-electron chi connectivity index (χ0n) is 16.1. The van der Waals surface area contributed by atoms with E-state index in [0.29, 0.717) is 5.56 Å². The molecule has 1 heterocycles. The number of alkyl halides is 3. The first-order chi connectivity index (χ1) is 14.7. The number of nitrogens with zero attached hydrogens (tertiary/aromatic N) is 2. The number of benzene rings is 2. The van der Waals surface area contributed by atoms with Gasteiger partial charge in [-0.2, -0.15) is 5.10 Å². The van der Waals surface area contributed by atoms with Crippen molar-refractivity contribution in [2.45, 2.75) is 12.8 Å². The first-order valence-corrected chi connectivity index (χ1v) is 9.29. The van der Waals surface area contributed by atoms with Crippen molar-refractivity contribution in [1.29, 1.82) is 0 Å². The van der Waals surface area contributed by atoms with Crippen molar-refractivity contribution < 1.29 is 32.2 Å². The molecule has 0 bridgehead atoms. The number of carbonyl (C=O) groups is 1. The van der Waals surface area contributed by atoms with Gasteiger partial charge in [-0.05, 0) is 42.3 Å². The van der Waals surface area contributed by atoms with Crippen LogP contribution in [-0.4, -0.2) is 40.3 Å². The fourth-order valence-corrected chi connectivity index (χ4v) is 2.95. The Labute approximate surface area is 175 Å². The summed E-state index contributed by atoms with van der Waals surface area (Å²) in [5.41, 5.74) is 0.759. The lowest BCUT2D eigenvalue weighted by Gasteiger charge is -2.16. The van der Waals surface area contributed by atoms with Crippen LogP contribution in [0.25, 0.3) is 5.69 Å². The molecule has 1 atom stereocenters. The Morgan fingerprint density at radius 2 is 1.94 bits per heavy atom. The molecule has 0 saturated carbocycles. The topological polar surface area (TPSA) is 76.4 Å². The average Bonchev–Trinajstić information content (AvgIpc) is 3.20. The molecule has 0 aliphatic heterocycles. The highest BCUT2D eigenvalue weighted by Gasteiger charge is 2.31. The van der Waals surface area contributed by atoms with Gasteiger partial charge >= 0.3 is 6.36 Å². The molecule has 0 saturated heterocycles. The smallest absolute Gasteiger partial charge is 0.406 e. The molecule has 0 unspecified atom stereocenters. The van der Waals surface area contributed by atoms with Gasteiger partial charge in [-0.25, -0.2) is 9.07 Å². The molecule has 31 heavy (non-hydrogen) atoms. The van der Waals surface area contributed by atoms with E-state index in [2.05, 4.69) is 15.2 Å². The van der Waals surface area contributed by atoms with Gasteiger partial charge in [-0.1, -0.05) is 24.3 Å². The number of aliphatic hydroxyl groups excluding tert-OH is 1. The third-order valence-corrected chi connectivity index (χ3v) is 4.39. The highest BCUT2D eigenvalue weighted by molar-refractivity contribution is 5.92. The fraction of sp³-hybridized carbons (Fsp3) is 0.238. The number of carbonyl (C=O) groups excluding carboxylic acids is 1. The molecule has 0 aliphatic carbocycles. The maximum atomic E-state index is 13.9. The number of ether oxygens (including phenoxy) is 1. The standard InChI is InChI=1S/C21H19F4N3O3/c22-17-6-1-2-7-19(17)28-9-8-18(27-28)20(30)26-12-15(13-29)10-14-4-3-5-16(11-14)31-21(23,24)25/h1-9,11,15,29H,10,12-13H2,(H,26,30)/t15-/m1/s1. The Balaban J connectivity index is 1.59. The molecule has 0 spiro atoms. The van der Waals surface area contributed by atoms with Crippen LogP contribution < -0.4 is 10.1 Å². The van der Waals surface area contributed by atoms with Crippen molar-refractivity contribution in [3.8, 4) is 11.4 Å². The summed E-state index contributed by atoms with van der Waals surface area (Å²) < 4.78 is 56.1.